The van der Waals surface area contributed by atoms with Gasteiger partial charge < -0.3 is 9.16 Å². The molecule has 2 atom stereocenters. The fourth-order valence-electron chi connectivity index (χ4n) is 2.06. The predicted octanol–water partition coefficient (Wildman–Crippen LogP) is 3.76. The molecule has 1 aliphatic heterocycles. The Hall–Kier alpha value is 0.377. The van der Waals surface area contributed by atoms with Gasteiger partial charge in [-0.2, -0.15) is 0 Å². The van der Waals surface area contributed by atoms with E-state index >= 15 is 0 Å². The van der Waals surface area contributed by atoms with Gasteiger partial charge in [0.25, 0.3) is 0 Å². The van der Waals surface area contributed by atoms with Gasteiger partial charge >= 0.3 is 5.97 Å². The van der Waals surface area contributed by atoms with E-state index in [9.17, 15) is 4.79 Å². The van der Waals surface area contributed by atoms with Crippen LogP contribution in [-0.2, 0) is 14.0 Å². The topological polar surface area (TPSA) is 35.5 Å². The van der Waals surface area contributed by atoms with Crippen molar-refractivity contribution in [1.82, 2.24) is 0 Å². The second-order valence-electron chi connectivity index (χ2n) is 6.43. The zero-order valence-electron chi connectivity index (χ0n) is 12.2. The first-order valence-corrected chi connectivity index (χ1v) is 11.0. The minimum atomic E-state index is -1.88. The molecule has 1 rings (SSSR count). The first-order valence-electron chi connectivity index (χ1n) is 6.55. The van der Waals surface area contributed by atoms with E-state index in [0.29, 0.717) is 12.3 Å². The molecule has 0 radical (unpaired) electrons. The molecule has 1 saturated heterocycles. The van der Waals surface area contributed by atoms with Gasteiger partial charge in [0.2, 0.25) is 0 Å². The van der Waals surface area contributed by atoms with Crippen molar-refractivity contribution in [2.75, 3.05) is 4.43 Å². The highest BCUT2D eigenvalue weighted by molar-refractivity contribution is 14.1. The molecule has 0 aromatic heterocycles. The third-order valence-electron chi connectivity index (χ3n) is 4.66. The van der Waals surface area contributed by atoms with Crippen LogP contribution in [0.1, 0.15) is 34.1 Å². The molecular weight excluding hydrogens is 359 g/mol. The summed E-state index contributed by atoms with van der Waals surface area (Å²) in [6.07, 6.45) is 0.306. The Bertz CT molecular complexity index is 315. The number of halogens is 1. The standard InChI is InChI=1S/C13H25IO3Si/c1-9(2)13(3,4)18(5,6)17-10-7-12(15)16-11(10)8-14/h9-11H,7-8H2,1-6H3/t10-,11-/m1/s1. The lowest BCUT2D eigenvalue weighted by Crippen LogP contribution is -2.49. The Morgan fingerprint density at radius 2 is 2.06 bits per heavy atom. The molecule has 106 valence electrons. The molecule has 3 nitrogen and oxygen atoms in total. The van der Waals surface area contributed by atoms with Gasteiger partial charge in [0, 0.05) is 4.43 Å². The number of carbonyl (C=O) groups excluding carboxylic acids is 1. The summed E-state index contributed by atoms with van der Waals surface area (Å²) in [5.41, 5.74) is 0. The second-order valence-corrected chi connectivity index (χ2v) is 11.9. The Morgan fingerprint density at radius 3 is 2.50 bits per heavy atom. The van der Waals surface area contributed by atoms with E-state index in [4.69, 9.17) is 9.16 Å². The number of hydrogen-bond acceptors (Lipinski definition) is 3. The van der Waals surface area contributed by atoms with Crippen molar-refractivity contribution in [3.63, 3.8) is 0 Å². The van der Waals surface area contributed by atoms with Gasteiger partial charge in [-0.25, -0.2) is 0 Å². The molecule has 0 aliphatic carbocycles. The number of ether oxygens (including phenoxy) is 1. The zero-order chi connectivity index (χ0) is 14.1. The van der Waals surface area contributed by atoms with Gasteiger partial charge in [0.15, 0.2) is 8.32 Å². The van der Waals surface area contributed by atoms with E-state index in [0.717, 1.165) is 4.43 Å². The maximum absolute atomic E-state index is 11.4. The maximum atomic E-state index is 11.4. The normalized spacial score (nSPS) is 25.7. The molecule has 0 spiro atoms. The van der Waals surface area contributed by atoms with Crippen molar-refractivity contribution in [2.45, 2.75) is 64.5 Å². The van der Waals surface area contributed by atoms with Gasteiger partial charge in [-0.05, 0) is 24.1 Å². The highest BCUT2D eigenvalue weighted by atomic mass is 127. The van der Waals surface area contributed by atoms with Crippen molar-refractivity contribution >= 4 is 36.9 Å². The van der Waals surface area contributed by atoms with Crippen LogP contribution in [0, 0.1) is 5.92 Å². The lowest BCUT2D eigenvalue weighted by molar-refractivity contribution is -0.140. The average Bonchev–Trinajstić information content (AvgIpc) is 2.57. The number of cyclic esters (lactones) is 1. The van der Waals surface area contributed by atoms with Gasteiger partial charge in [0.05, 0.1) is 12.5 Å². The molecule has 0 saturated carbocycles. The fraction of sp³-hybridized carbons (Fsp3) is 0.923. The first-order chi connectivity index (χ1) is 8.11. The van der Waals surface area contributed by atoms with Crippen LogP contribution in [-0.4, -0.2) is 30.9 Å². The molecule has 1 fully saturated rings. The van der Waals surface area contributed by atoms with Crippen LogP contribution in [0.4, 0.5) is 0 Å². The molecular formula is C13H25IO3Si. The molecule has 1 heterocycles. The van der Waals surface area contributed by atoms with Crippen LogP contribution < -0.4 is 0 Å². The van der Waals surface area contributed by atoms with E-state index in [-0.39, 0.29) is 23.2 Å². The number of hydrogen-bond donors (Lipinski definition) is 0. The van der Waals surface area contributed by atoms with E-state index in [2.05, 4.69) is 63.4 Å². The van der Waals surface area contributed by atoms with Gasteiger partial charge in [0.1, 0.15) is 6.10 Å². The molecule has 1 aliphatic rings. The van der Waals surface area contributed by atoms with Crippen molar-refractivity contribution < 1.29 is 14.0 Å². The Balaban J connectivity index is 2.79. The van der Waals surface area contributed by atoms with Crippen molar-refractivity contribution in [1.29, 1.82) is 0 Å². The number of alkyl halides is 1. The quantitative estimate of drug-likeness (QED) is 0.313. The molecule has 5 heteroatoms. The summed E-state index contributed by atoms with van der Waals surface area (Å²) in [5.74, 6) is 0.448. The van der Waals surface area contributed by atoms with Crippen LogP contribution >= 0.6 is 22.6 Å². The largest absolute Gasteiger partial charge is 0.459 e. The van der Waals surface area contributed by atoms with E-state index in [1.54, 1.807) is 0 Å². The molecule has 0 amide bonds. The summed E-state index contributed by atoms with van der Waals surface area (Å²) in [7, 11) is -1.88. The van der Waals surface area contributed by atoms with E-state index in [1.165, 1.54) is 0 Å². The van der Waals surface area contributed by atoms with Gasteiger partial charge in [-0.3, -0.25) is 4.79 Å². The smallest absolute Gasteiger partial charge is 0.308 e. The highest BCUT2D eigenvalue weighted by Gasteiger charge is 2.47. The zero-order valence-corrected chi connectivity index (χ0v) is 15.4. The summed E-state index contributed by atoms with van der Waals surface area (Å²) in [5, 5.41) is 0.175. The maximum Gasteiger partial charge on any atom is 0.308 e. The number of carbonyl (C=O) groups is 1. The van der Waals surface area contributed by atoms with Crippen LogP contribution in [0.25, 0.3) is 0 Å². The lowest BCUT2D eigenvalue weighted by Gasteiger charge is -2.44. The summed E-state index contributed by atoms with van der Waals surface area (Å²) in [6.45, 7) is 13.5. The predicted molar refractivity (Wildman–Crippen MR) is 84.6 cm³/mol. The second kappa shape index (κ2) is 5.79. The molecule has 0 bridgehead atoms. The Morgan fingerprint density at radius 1 is 1.50 bits per heavy atom. The van der Waals surface area contributed by atoms with Crippen molar-refractivity contribution in [3.05, 3.63) is 0 Å². The van der Waals surface area contributed by atoms with Crippen LogP contribution in [0.5, 0.6) is 0 Å². The first kappa shape index (κ1) is 16.4. The monoisotopic (exact) mass is 384 g/mol. The summed E-state index contributed by atoms with van der Waals surface area (Å²) < 4.78 is 12.5. The van der Waals surface area contributed by atoms with E-state index in [1.807, 2.05) is 0 Å². The Kier molecular flexibility index (Phi) is 5.28. The minimum absolute atomic E-state index is 0.0471. The van der Waals surface area contributed by atoms with Gasteiger partial charge in [-0.15, -0.1) is 0 Å². The number of esters is 1. The van der Waals surface area contributed by atoms with E-state index < -0.39 is 8.32 Å². The molecule has 0 aromatic rings. The van der Waals surface area contributed by atoms with Crippen LogP contribution in [0.2, 0.25) is 18.1 Å². The Labute approximate surface area is 125 Å². The summed E-state index contributed by atoms with van der Waals surface area (Å²) >= 11 is 2.26. The minimum Gasteiger partial charge on any atom is -0.459 e. The third-order valence-corrected chi connectivity index (χ3v) is 10.1. The summed E-state index contributed by atoms with van der Waals surface area (Å²) in [4.78, 5) is 11.4. The van der Waals surface area contributed by atoms with Crippen molar-refractivity contribution in [3.8, 4) is 0 Å². The number of rotatable bonds is 5. The molecule has 0 N–H and O–H groups in total. The third kappa shape index (κ3) is 3.28. The lowest BCUT2D eigenvalue weighted by atomic mass is 9.99. The van der Waals surface area contributed by atoms with Crippen molar-refractivity contribution in [2.24, 2.45) is 5.92 Å². The van der Waals surface area contributed by atoms with Gasteiger partial charge in [-0.1, -0.05) is 50.3 Å². The van der Waals surface area contributed by atoms with Crippen LogP contribution in [0.15, 0.2) is 0 Å². The highest BCUT2D eigenvalue weighted by Crippen LogP contribution is 2.45. The summed E-state index contributed by atoms with van der Waals surface area (Å²) in [6, 6.07) is 0. The molecule has 18 heavy (non-hydrogen) atoms. The molecule has 0 unspecified atom stereocenters. The fourth-order valence-corrected chi connectivity index (χ4v) is 5.50. The average molecular weight is 384 g/mol. The molecule has 0 aromatic carbocycles. The SMILES string of the molecule is CC(C)C(C)(C)[Si](C)(C)O[C@@H]1CC(=O)O[C@@H]1CI. The van der Waals surface area contributed by atoms with Crippen LogP contribution in [0.3, 0.4) is 0 Å².